The number of sulfonamides is 1. The molecule has 0 atom stereocenters. The summed E-state index contributed by atoms with van der Waals surface area (Å²) in [7, 11) is -1.20. The molecule has 0 spiro atoms. The maximum absolute atomic E-state index is 14.1. The van der Waals surface area contributed by atoms with Crippen LogP contribution in [0.2, 0.25) is 0 Å². The molecule has 1 aliphatic heterocycles. The summed E-state index contributed by atoms with van der Waals surface area (Å²) in [5, 5.41) is 0. The summed E-state index contributed by atoms with van der Waals surface area (Å²) in [4.78, 5) is 26.1. The van der Waals surface area contributed by atoms with Gasteiger partial charge >= 0.3 is 5.97 Å². The Kier molecular flexibility index (Phi) is 5.99. The van der Waals surface area contributed by atoms with E-state index in [1.165, 1.54) is 19.0 Å². The van der Waals surface area contributed by atoms with Crippen molar-refractivity contribution in [2.45, 2.75) is 17.7 Å². The number of esters is 1. The minimum atomic E-state index is -3.85. The van der Waals surface area contributed by atoms with E-state index >= 15 is 0 Å². The van der Waals surface area contributed by atoms with Crippen LogP contribution in [0, 0.1) is 5.82 Å². The number of aryl methyl sites for hydroxylation is 1. The molecule has 0 unspecified atom stereocenters. The first-order valence-electron chi connectivity index (χ1n) is 8.99. The van der Waals surface area contributed by atoms with Crippen LogP contribution in [0.25, 0.3) is 0 Å². The van der Waals surface area contributed by atoms with Crippen molar-refractivity contribution in [2.75, 3.05) is 32.1 Å². The number of carbonyl (C=O) groups is 2. The smallest absolute Gasteiger partial charge is 0.341 e. The Bertz CT molecular complexity index is 1050. The molecule has 29 heavy (non-hydrogen) atoms. The van der Waals surface area contributed by atoms with Crippen LogP contribution >= 0.6 is 0 Å². The lowest BCUT2D eigenvalue weighted by molar-refractivity contribution is -0.121. The molecule has 0 saturated carbocycles. The van der Waals surface area contributed by atoms with Crippen molar-refractivity contribution in [3.05, 3.63) is 59.4 Å². The number of hydrogen-bond acceptors (Lipinski definition) is 5. The van der Waals surface area contributed by atoms with Gasteiger partial charge in [-0.05, 0) is 42.7 Å². The lowest BCUT2D eigenvalue weighted by Crippen LogP contribution is -2.38. The molecule has 1 aliphatic rings. The molecule has 0 aromatic heterocycles. The second-order valence-corrected chi connectivity index (χ2v) is 8.93. The fraction of sp³-hybridized carbons (Fsp3) is 0.300. The van der Waals surface area contributed by atoms with Gasteiger partial charge in [-0.3, -0.25) is 4.79 Å². The fourth-order valence-corrected chi connectivity index (χ4v) is 4.04. The number of rotatable bonds is 5. The van der Waals surface area contributed by atoms with Gasteiger partial charge in [-0.25, -0.2) is 21.9 Å². The number of ether oxygens (including phenoxy) is 1. The second kappa shape index (κ2) is 8.30. The first kappa shape index (κ1) is 20.9. The van der Waals surface area contributed by atoms with Crippen molar-refractivity contribution >= 4 is 27.6 Å². The third kappa shape index (κ3) is 4.30. The number of anilines is 1. The highest BCUT2D eigenvalue weighted by molar-refractivity contribution is 7.89. The molecular weight excluding hydrogens is 399 g/mol. The molecule has 2 aromatic rings. The molecule has 0 bridgehead atoms. The van der Waals surface area contributed by atoms with Gasteiger partial charge in [0, 0.05) is 26.3 Å². The Morgan fingerprint density at radius 3 is 2.62 bits per heavy atom. The van der Waals surface area contributed by atoms with E-state index in [0.29, 0.717) is 6.54 Å². The lowest BCUT2D eigenvalue weighted by atomic mass is 10.0. The number of fused-ring (bicyclic) bond motifs is 1. The van der Waals surface area contributed by atoms with E-state index in [1.807, 2.05) is 24.3 Å². The van der Waals surface area contributed by atoms with Gasteiger partial charge in [0.15, 0.2) is 6.61 Å². The van der Waals surface area contributed by atoms with Crippen LogP contribution in [-0.2, 0) is 26.0 Å². The number of hydrogen-bond donors (Lipinski definition) is 0. The third-order valence-corrected chi connectivity index (χ3v) is 6.49. The average Bonchev–Trinajstić information content (AvgIpc) is 2.71. The van der Waals surface area contributed by atoms with Gasteiger partial charge in [-0.2, -0.15) is 0 Å². The molecule has 0 fully saturated rings. The van der Waals surface area contributed by atoms with E-state index in [-0.39, 0.29) is 4.90 Å². The van der Waals surface area contributed by atoms with E-state index in [1.54, 1.807) is 0 Å². The Morgan fingerprint density at radius 2 is 1.90 bits per heavy atom. The number of carbonyl (C=O) groups excluding carboxylic acids is 2. The van der Waals surface area contributed by atoms with Crippen LogP contribution in [0.1, 0.15) is 22.3 Å². The molecule has 0 saturated heterocycles. The highest BCUT2D eigenvalue weighted by Crippen LogP contribution is 2.26. The van der Waals surface area contributed by atoms with Gasteiger partial charge in [0.2, 0.25) is 10.0 Å². The topological polar surface area (TPSA) is 84.0 Å². The highest BCUT2D eigenvalue weighted by Gasteiger charge is 2.25. The van der Waals surface area contributed by atoms with Crippen molar-refractivity contribution in [1.82, 2.24) is 4.31 Å². The predicted molar refractivity (Wildman–Crippen MR) is 105 cm³/mol. The number of para-hydroxylation sites is 1. The first-order chi connectivity index (χ1) is 13.7. The Morgan fingerprint density at radius 1 is 1.17 bits per heavy atom. The average molecular weight is 420 g/mol. The molecular formula is C20H21FN2O5S. The van der Waals surface area contributed by atoms with Crippen LogP contribution in [0.5, 0.6) is 0 Å². The summed E-state index contributed by atoms with van der Waals surface area (Å²) in [6.07, 6.45) is 1.65. The fourth-order valence-electron chi connectivity index (χ4n) is 3.11. The maximum atomic E-state index is 14.1. The molecule has 0 aliphatic carbocycles. The molecule has 1 amide bonds. The first-order valence-corrected chi connectivity index (χ1v) is 10.4. The van der Waals surface area contributed by atoms with Gasteiger partial charge in [0.1, 0.15) is 5.82 Å². The Labute approximate surface area is 168 Å². The molecule has 7 nitrogen and oxygen atoms in total. The van der Waals surface area contributed by atoms with Crippen LogP contribution in [0.4, 0.5) is 10.1 Å². The van der Waals surface area contributed by atoms with Crippen molar-refractivity contribution < 1.29 is 27.1 Å². The zero-order chi connectivity index (χ0) is 21.2. The minimum absolute atomic E-state index is 0.243. The number of amides is 1. The normalized spacial score (nSPS) is 13.9. The van der Waals surface area contributed by atoms with Gasteiger partial charge in [-0.15, -0.1) is 0 Å². The van der Waals surface area contributed by atoms with Crippen molar-refractivity contribution in [1.29, 1.82) is 0 Å². The minimum Gasteiger partial charge on any atom is -0.452 e. The molecule has 1 heterocycles. The molecule has 2 aromatic carbocycles. The summed E-state index contributed by atoms with van der Waals surface area (Å²) in [5.41, 5.74) is 1.26. The van der Waals surface area contributed by atoms with Crippen molar-refractivity contribution in [3.8, 4) is 0 Å². The standard InChI is InChI=1S/C20H21FN2O5S/c1-22(2)29(26,27)15-9-10-17(21)16(12-15)20(25)28-13-19(24)23-11-5-7-14-6-3-4-8-18(14)23/h3-4,6,8-10,12H,5,7,11,13H2,1-2H3. The lowest BCUT2D eigenvalue weighted by Gasteiger charge is -2.29. The zero-order valence-electron chi connectivity index (χ0n) is 16.1. The molecule has 154 valence electrons. The van der Waals surface area contributed by atoms with Gasteiger partial charge in [0.25, 0.3) is 5.91 Å². The molecule has 0 radical (unpaired) electrons. The maximum Gasteiger partial charge on any atom is 0.341 e. The van der Waals surface area contributed by atoms with E-state index < -0.39 is 39.9 Å². The second-order valence-electron chi connectivity index (χ2n) is 6.78. The quantitative estimate of drug-likeness (QED) is 0.693. The largest absolute Gasteiger partial charge is 0.452 e. The zero-order valence-corrected chi connectivity index (χ0v) is 16.9. The third-order valence-electron chi connectivity index (χ3n) is 4.67. The van der Waals surface area contributed by atoms with Crippen molar-refractivity contribution in [3.63, 3.8) is 0 Å². The van der Waals surface area contributed by atoms with Gasteiger partial charge in [0.05, 0.1) is 10.5 Å². The summed E-state index contributed by atoms with van der Waals surface area (Å²) < 4.78 is 44.4. The van der Waals surface area contributed by atoms with Crippen LogP contribution < -0.4 is 4.90 Å². The summed E-state index contributed by atoms with van der Waals surface area (Å²) in [6.45, 7) is -0.0738. The number of nitrogens with zero attached hydrogens (tertiary/aromatic N) is 2. The van der Waals surface area contributed by atoms with Crippen LogP contribution in [0.15, 0.2) is 47.4 Å². The molecule has 9 heteroatoms. The molecule has 0 N–H and O–H groups in total. The van der Waals surface area contributed by atoms with E-state index in [2.05, 4.69) is 0 Å². The highest BCUT2D eigenvalue weighted by atomic mass is 32.2. The summed E-state index contributed by atoms with van der Waals surface area (Å²) >= 11 is 0. The number of halogens is 1. The van der Waals surface area contributed by atoms with Gasteiger partial charge in [-0.1, -0.05) is 18.2 Å². The van der Waals surface area contributed by atoms with E-state index in [0.717, 1.165) is 46.6 Å². The SMILES string of the molecule is CN(C)S(=O)(=O)c1ccc(F)c(C(=O)OCC(=O)N2CCCc3ccccc32)c1. The monoisotopic (exact) mass is 420 g/mol. The molecule has 3 rings (SSSR count). The Hall–Kier alpha value is -2.78. The Balaban J connectivity index is 1.74. The number of benzene rings is 2. The van der Waals surface area contributed by atoms with Crippen molar-refractivity contribution in [2.24, 2.45) is 0 Å². The van der Waals surface area contributed by atoms with E-state index in [9.17, 15) is 22.4 Å². The summed E-state index contributed by atoms with van der Waals surface area (Å²) in [5.74, 6) is -2.46. The predicted octanol–water partition coefficient (Wildman–Crippen LogP) is 2.21. The van der Waals surface area contributed by atoms with Crippen LogP contribution in [0.3, 0.4) is 0 Å². The van der Waals surface area contributed by atoms with E-state index in [4.69, 9.17) is 4.74 Å². The van der Waals surface area contributed by atoms with Gasteiger partial charge < -0.3 is 9.64 Å². The van der Waals surface area contributed by atoms with Crippen LogP contribution in [-0.4, -0.2) is 51.8 Å². The summed E-state index contributed by atoms with van der Waals surface area (Å²) in [6, 6.07) is 10.3.